The summed E-state index contributed by atoms with van der Waals surface area (Å²) in [4.78, 5) is 25.1. The lowest BCUT2D eigenvalue weighted by molar-refractivity contribution is -0.144. The van der Waals surface area contributed by atoms with Crippen molar-refractivity contribution in [3.63, 3.8) is 0 Å². The molecule has 0 bridgehead atoms. The molecule has 256 valence electrons. The molecule has 47 heavy (non-hydrogen) atoms. The Kier molecular flexibility index (Phi) is 17.9. The molecule has 0 aliphatic rings. The van der Waals surface area contributed by atoms with Gasteiger partial charge in [0.05, 0.1) is 33.0 Å². The van der Waals surface area contributed by atoms with Crippen molar-refractivity contribution in [2.75, 3.05) is 39.3 Å². The fraction of sp³-hybridized carbons (Fsp3) is 0.487. The van der Waals surface area contributed by atoms with Gasteiger partial charge < -0.3 is 23.7 Å². The van der Waals surface area contributed by atoms with E-state index >= 15 is 0 Å². The van der Waals surface area contributed by atoms with Crippen molar-refractivity contribution < 1.29 is 33.3 Å². The fourth-order valence-corrected chi connectivity index (χ4v) is 5.72. The Labute approximate surface area is 285 Å². The number of benzene rings is 3. The van der Waals surface area contributed by atoms with Crippen LogP contribution >= 0.6 is 11.8 Å². The van der Waals surface area contributed by atoms with E-state index in [1.165, 1.54) is 16.0 Å². The van der Waals surface area contributed by atoms with Gasteiger partial charge in [0.2, 0.25) is 0 Å². The molecule has 8 heteroatoms. The van der Waals surface area contributed by atoms with Crippen LogP contribution in [0.4, 0.5) is 0 Å². The highest BCUT2D eigenvalue weighted by Gasteiger charge is 2.13. The van der Waals surface area contributed by atoms with Gasteiger partial charge in [0.15, 0.2) is 0 Å². The Morgan fingerprint density at radius 2 is 1.40 bits per heavy atom. The second-order valence-corrected chi connectivity index (χ2v) is 12.1. The van der Waals surface area contributed by atoms with Gasteiger partial charge in [0, 0.05) is 24.3 Å². The highest BCUT2D eigenvalue weighted by atomic mass is 32.2. The predicted molar refractivity (Wildman–Crippen MR) is 189 cm³/mol. The second-order valence-electron chi connectivity index (χ2n) is 11.2. The number of rotatable bonds is 23. The number of unbranched alkanes of at least 4 members (excludes halogenated alkanes) is 3. The molecule has 0 N–H and O–H groups in total. The Bertz CT molecular complexity index is 1360. The summed E-state index contributed by atoms with van der Waals surface area (Å²) in [5, 5.41) is 0. The smallest absolute Gasteiger partial charge is 0.306 e. The molecule has 3 rings (SSSR count). The summed E-state index contributed by atoms with van der Waals surface area (Å²) in [5.41, 5.74) is 5.65. The minimum Gasteiger partial charge on any atom is -0.494 e. The third kappa shape index (κ3) is 14.0. The number of thioether (sulfide) groups is 1. The zero-order chi connectivity index (χ0) is 33.7. The Balaban J connectivity index is 1.52. The van der Waals surface area contributed by atoms with Crippen molar-refractivity contribution >= 4 is 23.7 Å². The normalized spacial score (nSPS) is 10.9. The van der Waals surface area contributed by atoms with Crippen LogP contribution in [0.5, 0.6) is 11.5 Å². The molecule has 0 unspecified atom stereocenters. The van der Waals surface area contributed by atoms with Gasteiger partial charge in [-0.1, -0.05) is 37.1 Å². The molecule has 0 saturated heterocycles. The van der Waals surface area contributed by atoms with Crippen molar-refractivity contribution in [3.05, 3.63) is 77.4 Å². The molecular formula is C39H52O7S. The van der Waals surface area contributed by atoms with Gasteiger partial charge in [-0.05, 0) is 123 Å². The summed E-state index contributed by atoms with van der Waals surface area (Å²) >= 11 is 1.74. The molecule has 0 aliphatic carbocycles. The van der Waals surface area contributed by atoms with Gasteiger partial charge in [0.25, 0.3) is 0 Å². The van der Waals surface area contributed by atoms with Crippen LogP contribution in [0.15, 0.2) is 65.6 Å². The molecule has 0 atom stereocenters. The molecule has 0 saturated carbocycles. The number of aryl methyl sites for hydroxylation is 1. The summed E-state index contributed by atoms with van der Waals surface area (Å²) in [7, 11) is 0. The molecule has 3 aromatic rings. The van der Waals surface area contributed by atoms with Crippen molar-refractivity contribution in [2.45, 2.75) is 90.1 Å². The van der Waals surface area contributed by atoms with Crippen LogP contribution in [0.2, 0.25) is 0 Å². The van der Waals surface area contributed by atoms with E-state index in [4.69, 9.17) is 23.7 Å². The van der Waals surface area contributed by atoms with Gasteiger partial charge in [-0.3, -0.25) is 9.59 Å². The van der Waals surface area contributed by atoms with E-state index in [1.54, 1.807) is 18.7 Å². The lowest BCUT2D eigenvalue weighted by Crippen LogP contribution is -2.10. The van der Waals surface area contributed by atoms with Crippen LogP contribution in [0.25, 0.3) is 11.1 Å². The fourth-order valence-electron chi connectivity index (χ4n) is 5.31. The Morgan fingerprint density at radius 3 is 2.13 bits per heavy atom. The zero-order valence-electron chi connectivity index (χ0n) is 28.6. The van der Waals surface area contributed by atoms with E-state index < -0.39 is 0 Å². The number of carbonyl (C=O) groups is 2. The van der Waals surface area contributed by atoms with Crippen LogP contribution in [-0.2, 0) is 43.2 Å². The first-order valence-electron chi connectivity index (χ1n) is 17.0. The Morgan fingerprint density at radius 1 is 0.681 bits per heavy atom. The average molecular weight is 665 g/mol. The summed E-state index contributed by atoms with van der Waals surface area (Å²) in [6, 6.07) is 21.1. The number of esters is 2. The monoisotopic (exact) mass is 664 g/mol. The molecular weight excluding hydrogens is 612 g/mol. The van der Waals surface area contributed by atoms with Gasteiger partial charge in [-0.2, -0.15) is 0 Å². The maximum absolute atomic E-state index is 12.1. The van der Waals surface area contributed by atoms with E-state index in [1.807, 2.05) is 26.0 Å². The van der Waals surface area contributed by atoms with E-state index in [0.29, 0.717) is 65.3 Å². The van der Waals surface area contributed by atoms with Crippen LogP contribution in [0.3, 0.4) is 0 Å². The minimum absolute atomic E-state index is 0.209. The molecule has 0 aromatic heterocycles. The number of carbonyl (C=O) groups excluding carboxylic acids is 2. The zero-order valence-corrected chi connectivity index (χ0v) is 29.5. The van der Waals surface area contributed by atoms with E-state index in [9.17, 15) is 9.59 Å². The van der Waals surface area contributed by atoms with Gasteiger partial charge in [-0.25, -0.2) is 0 Å². The number of hydrogen-bond donors (Lipinski definition) is 0. The standard InChI is InChI=1S/C39H52O7S/c1-5-42-29-30-26-33(31-18-20-35(47-4)21-19-31)28-34(27-30)45-24-11-9-8-10-14-32-15-12-16-37(36(32)22-23-39(41)44-7-3)46-25-13-17-38(40)43-6-2/h12,15-16,18-21,26-28H,5-11,13-14,17,22-25,29H2,1-4H3. The topological polar surface area (TPSA) is 80.3 Å². The first-order valence-corrected chi connectivity index (χ1v) is 18.2. The molecule has 0 fully saturated rings. The van der Waals surface area contributed by atoms with E-state index in [0.717, 1.165) is 60.3 Å². The molecule has 0 spiro atoms. The highest BCUT2D eigenvalue weighted by molar-refractivity contribution is 7.98. The van der Waals surface area contributed by atoms with Crippen LogP contribution < -0.4 is 9.47 Å². The quantitative estimate of drug-likeness (QED) is 0.0565. The van der Waals surface area contributed by atoms with Crippen molar-refractivity contribution in [1.82, 2.24) is 0 Å². The van der Waals surface area contributed by atoms with Crippen LogP contribution in [0, 0.1) is 0 Å². The first-order chi connectivity index (χ1) is 23.0. The lowest BCUT2D eigenvalue weighted by atomic mass is 9.96. The second kappa shape index (κ2) is 22.1. The molecule has 0 aliphatic heterocycles. The molecule has 0 heterocycles. The molecule has 7 nitrogen and oxygen atoms in total. The van der Waals surface area contributed by atoms with Gasteiger partial charge in [0.1, 0.15) is 11.5 Å². The van der Waals surface area contributed by atoms with Crippen molar-refractivity contribution in [1.29, 1.82) is 0 Å². The first kappa shape index (κ1) is 38.0. The summed E-state index contributed by atoms with van der Waals surface area (Å²) in [5.74, 6) is 1.22. The summed E-state index contributed by atoms with van der Waals surface area (Å²) in [6.45, 7) is 8.67. The Hall–Kier alpha value is -3.49. The van der Waals surface area contributed by atoms with Crippen molar-refractivity contribution in [3.8, 4) is 22.6 Å². The van der Waals surface area contributed by atoms with E-state index in [2.05, 4.69) is 54.8 Å². The highest BCUT2D eigenvalue weighted by Crippen LogP contribution is 2.29. The molecule has 0 amide bonds. The SMILES string of the molecule is CCOCc1cc(OCCCCCCc2cccc(OCCCC(=O)OCC)c2CCC(=O)OCC)cc(-c2ccc(SC)cc2)c1. The summed E-state index contributed by atoms with van der Waals surface area (Å²) in [6.07, 6.45) is 8.87. The van der Waals surface area contributed by atoms with Gasteiger partial charge >= 0.3 is 11.9 Å². The average Bonchev–Trinajstić information content (AvgIpc) is 3.08. The maximum Gasteiger partial charge on any atom is 0.306 e. The minimum atomic E-state index is -0.213. The van der Waals surface area contributed by atoms with Crippen molar-refractivity contribution in [2.24, 2.45) is 0 Å². The third-order valence-electron chi connectivity index (χ3n) is 7.67. The number of ether oxygens (including phenoxy) is 5. The predicted octanol–water partition coefficient (Wildman–Crippen LogP) is 9.01. The van der Waals surface area contributed by atoms with E-state index in [-0.39, 0.29) is 11.9 Å². The van der Waals surface area contributed by atoms with Crippen LogP contribution in [0.1, 0.15) is 82.4 Å². The van der Waals surface area contributed by atoms with Crippen LogP contribution in [-0.4, -0.2) is 51.2 Å². The summed E-state index contributed by atoms with van der Waals surface area (Å²) < 4.78 is 28.2. The third-order valence-corrected chi connectivity index (χ3v) is 8.42. The maximum atomic E-state index is 12.1. The number of hydrogen-bond acceptors (Lipinski definition) is 8. The van der Waals surface area contributed by atoms with Gasteiger partial charge in [-0.15, -0.1) is 11.8 Å². The largest absolute Gasteiger partial charge is 0.494 e. The lowest BCUT2D eigenvalue weighted by Gasteiger charge is -2.16. The molecule has 3 aromatic carbocycles. The molecule has 0 radical (unpaired) electrons.